The molecule has 0 amide bonds. The van der Waals surface area contributed by atoms with Crippen LogP contribution in [0.1, 0.15) is 0 Å². The summed E-state index contributed by atoms with van der Waals surface area (Å²) in [6, 6.07) is -0.209. The van der Waals surface area contributed by atoms with Crippen LogP contribution in [0.2, 0.25) is 0 Å². The van der Waals surface area contributed by atoms with Crippen LogP contribution >= 0.6 is 11.8 Å². The predicted molar refractivity (Wildman–Crippen MR) is 58.3 cm³/mol. The highest BCUT2D eigenvalue weighted by Gasteiger charge is 2.28. The molecule has 0 fully saturated rings. The van der Waals surface area contributed by atoms with Gasteiger partial charge in [-0.05, 0) is 0 Å². The maximum Gasteiger partial charge on any atom is 0.222 e. The Labute approximate surface area is 84.8 Å². The molecule has 6 nitrogen and oxygen atoms in total. The Hall–Kier alpha value is -1.21. The van der Waals surface area contributed by atoms with Gasteiger partial charge >= 0.3 is 0 Å². The molecule has 74 valence electrons. The number of nitrogens with two attached hydrogens (primary N) is 1. The highest BCUT2D eigenvalue weighted by molar-refractivity contribution is 8.14. The molecule has 0 spiro atoms. The Kier molecular flexibility index (Phi) is 2.60. The average Bonchev–Trinajstić information content (AvgIpc) is 2.61. The molecule has 7 heteroatoms. The molecule has 0 aliphatic carbocycles. The summed E-state index contributed by atoms with van der Waals surface area (Å²) in [6.45, 7) is 0.101. The van der Waals surface area contributed by atoms with Gasteiger partial charge in [-0.25, -0.2) is 9.98 Å². The third-order valence-electron chi connectivity index (χ3n) is 1.68. The number of amidine groups is 1. The zero-order chi connectivity index (χ0) is 9.97. The highest BCUT2D eigenvalue weighted by atomic mass is 32.2. The van der Waals surface area contributed by atoms with E-state index in [1.807, 2.05) is 0 Å². The van der Waals surface area contributed by atoms with Crippen molar-refractivity contribution in [1.82, 2.24) is 0 Å². The van der Waals surface area contributed by atoms with Crippen molar-refractivity contribution in [2.24, 2.45) is 25.7 Å². The van der Waals surface area contributed by atoms with Gasteiger partial charge in [0.2, 0.25) is 5.96 Å². The van der Waals surface area contributed by atoms with E-state index in [0.29, 0.717) is 11.6 Å². The molecule has 1 atom stereocenters. The molecule has 2 rings (SSSR count). The fraction of sp³-hybridized carbons (Fsp3) is 0.429. The fourth-order valence-corrected chi connectivity index (χ4v) is 1.92. The van der Waals surface area contributed by atoms with Gasteiger partial charge < -0.3 is 10.8 Å². The number of fused-ring (bicyclic) bond motifs is 1. The third kappa shape index (κ3) is 1.68. The van der Waals surface area contributed by atoms with E-state index in [0.717, 1.165) is 5.04 Å². The molecule has 0 bridgehead atoms. The molecule has 2 aliphatic rings. The van der Waals surface area contributed by atoms with Gasteiger partial charge in [-0.3, -0.25) is 4.99 Å². The molecule has 14 heavy (non-hydrogen) atoms. The molecule has 0 aromatic heterocycles. The molecule has 1 unspecified atom stereocenters. The number of guanidine groups is 1. The van der Waals surface area contributed by atoms with E-state index in [-0.39, 0.29) is 18.6 Å². The van der Waals surface area contributed by atoms with Crippen LogP contribution in [-0.2, 0) is 0 Å². The number of aliphatic hydroxyl groups is 1. The van der Waals surface area contributed by atoms with Crippen LogP contribution in [0.4, 0.5) is 0 Å². The van der Waals surface area contributed by atoms with Crippen LogP contribution in [0.15, 0.2) is 20.0 Å². The lowest BCUT2D eigenvalue weighted by molar-refractivity contribution is 0.323. The normalized spacial score (nSPS) is 24.1. The van der Waals surface area contributed by atoms with E-state index >= 15 is 0 Å². The van der Waals surface area contributed by atoms with Crippen molar-refractivity contribution in [3.05, 3.63) is 0 Å². The number of hydrogen-bond acceptors (Lipinski definition) is 7. The first-order valence-electron chi connectivity index (χ1n) is 4.07. The second-order valence-corrected chi connectivity index (χ2v) is 3.76. The van der Waals surface area contributed by atoms with Gasteiger partial charge in [-0.2, -0.15) is 4.99 Å². The van der Waals surface area contributed by atoms with Gasteiger partial charge in [0.15, 0.2) is 11.9 Å². The summed E-state index contributed by atoms with van der Waals surface area (Å²) in [5.41, 5.74) is 5.50. The number of rotatable bonds is 2. The predicted octanol–water partition coefficient (Wildman–Crippen LogP) is -0.752. The van der Waals surface area contributed by atoms with E-state index in [4.69, 9.17) is 10.8 Å². The van der Waals surface area contributed by atoms with Crippen molar-refractivity contribution in [3.63, 3.8) is 0 Å². The standard InChI is InChI=1S/C7H9N5OS/c8-7-11-5-4(9-3-10-5)6(12-7)14-2-1-13/h3-4,13H,1-2H2,(H2,8,9,10,11). The topological polar surface area (TPSA) is 95.7 Å². The van der Waals surface area contributed by atoms with Crippen molar-refractivity contribution in [3.8, 4) is 0 Å². The molecule has 0 aromatic carbocycles. The van der Waals surface area contributed by atoms with Crippen LogP contribution in [0.3, 0.4) is 0 Å². The summed E-state index contributed by atoms with van der Waals surface area (Å²) in [5, 5.41) is 9.45. The van der Waals surface area contributed by atoms with Crippen LogP contribution < -0.4 is 5.73 Å². The Morgan fingerprint density at radius 1 is 1.50 bits per heavy atom. The molecular weight excluding hydrogens is 202 g/mol. The van der Waals surface area contributed by atoms with Crippen molar-refractivity contribution in [2.75, 3.05) is 12.4 Å². The van der Waals surface area contributed by atoms with Crippen LogP contribution in [0, 0.1) is 0 Å². The molecule has 0 radical (unpaired) electrons. The van der Waals surface area contributed by atoms with Gasteiger partial charge in [0.05, 0.1) is 6.61 Å². The first kappa shape index (κ1) is 9.35. The van der Waals surface area contributed by atoms with Crippen LogP contribution in [0.5, 0.6) is 0 Å². The van der Waals surface area contributed by atoms with Crippen molar-refractivity contribution < 1.29 is 5.11 Å². The number of hydrogen-bond donors (Lipinski definition) is 2. The Bertz CT molecular complexity index is 359. The van der Waals surface area contributed by atoms with Crippen LogP contribution in [-0.4, -0.2) is 46.7 Å². The average molecular weight is 211 g/mol. The number of aliphatic imine (C=N–C) groups is 4. The number of nitrogens with zero attached hydrogens (tertiary/aromatic N) is 4. The smallest absolute Gasteiger partial charge is 0.222 e. The van der Waals surface area contributed by atoms with Gasteiger partial charge in [0.25, 0.3) is 0 Å². The minimum Gasteiger partial charge on any atom is -0.396 e. The van der Waals surface area contributed by atoms with E-state index in [1.54, 1.807) is 0 Å². The second kappa shape index (κ2) is 3.89. The summed E-state index contributed by atoms with van der Waals surface area (Å²) in [6.07, 6.45) is 1.46. The van der Waals surface area contributed by atoms with E-state index < -0.39 is 0 Å². The lowest BCUT2D eigenvalue weighted by Crippen LogP contribution is -2.31. The van der Waals surface area contributed by atoms with E-state index in [9.17, 15) is 0 Å². The van der Waals surface area contributed by atoms with E-state index in [2.05, 4.69) is 20.0 Å². The first-order valence-corrected chi connectivity index (χ1v) is 5.05. The summed E-state index contributed by atoms with van der Waals surface area (Å²) < 4.78 is 0. The minimum absolute atomic E-state index is 0.101. The molecule has 2 heterocycles. The largest absolute Gasteiger partial charge is 0.396 e. The zero-order valence-electron chi connectivity index (χ0n) is 7.29. The van der Waals surface area contributed by atoms with Crippen LogP contribution in [0.25, 0.3) is 0 Å². The quantitative estimate of drug-likeness (QED) is 0.629. The monoisotopic (exact) mass is 211 g/mol. The first-order chi connectivity index (χ1) is 6.81. The molecule has 2 aliphatic heterocycles. The third-order valence-corrected chi connectivity index (χ3v) is 2.68. The van der Waals surface area contributed by atoms with E-state index in [1.165, 1.54) is 18.1 Å². The molecule has 0 saturated carbocycles. The van der Waals surface area contributed by atoms with Gasteiger partial charge in [0, 0.05) is 5.75 Å². The summed E-state index contributed by atoms with van der Waals surface area (Å²) in [7, 11) is 0. The molecular formula is C7H9N5OS. The maximum atomic E-state index is 8.70. The summed E-state index contributed by atoms with van der Waals surface area (Å²) >= 11 is 1.42. The molecule has 0 aromatic rings. The SMILES string of the molecule is NC1=NC2=NC=NC2C(SCCO)=N1. The summed E-state index contributed by atoms with van der Waals surface area (Å²) in [4.78, 5) is 16.1. The van der Waals surface area contributed by atoms with Gasteiger partial charge in [0.1, 0.15) is 11.4 Å². The number of thioether (sulfide) groups is 1. The fourth-order valence-electron chi connectivity index (χ4n) is 1.14. The Balaban J connectivity index is 2.18. The zero-order valence-corrected chi connectivity index (χ0v) is 8.11. The number of aliphatic hydroxyl groups excluding tert-OH is 1. The molecule has 0 saturated heterocycles. The minimum atomic E-state index is -0.209. The second-order valence-electron chi connectivity index (χ2n) is 2.65. The summed E-state index contributed by atoms with van der Waals surface area (Å²) in [5.74, 6) is 1.36. The molecule has 3 N–H and O–H groups in total. The van der Waals surface area contributed by atoms with Crippen molar-refractivity contribution >= 4 is 34.9 Å². The Morgan fingerprint density at radius 3 is 3.14 bits per heavy atom. The van der Waals surface area contributed by atoms with Crippen molar-refractivity contribution in [1.29, 1.82) is 0 Å². The highest BCUT2D eigenvalue weighted by Crippen LogP contribution is 2.18. The lowest BCUT2D eigenvalue weighted by atomic mass is 10.3. The van der Waals surface area contributed by atoms with Gasteiger partial charge in [-0.15, -0.1) is 11.8 Å². The van der Waals surface area contributed by atoms with Crippen molar-refractivity contribution in [2.45, 2.75) is 6.04 Å². The lowest BCUT2D eigenvalue weighted by Gasteiger charge is -2.14. The maximum absolute atomic E-state index is 8.70. The Morgan fingerprint density at radius 2 is 2.36 bits per heavy atom. The van der Waals surface area contributed by atoms with Gasteiger partial charge in [-0.1, -0.05) is 0 Å².